The number of hydrogen-bond donors (Lipinski definition) is 1. The van der Waals surface area contributed by atoms with Crippen molar-refractivity contribution >= 4 is 0 Å². The molecule has 1 heteroatoms. The van der Waals surface area contributed by atoms with Crippen LogP contribution in [0.3, 0.4) is 0 Å². The number of unbranched alkanes of at least 4 members (excludes halogenated alkanes) is 2. The smallest absolute Gasteiger partial charge is 0.00695 e. The van der Waals surface area contributed by atoms with E-state index in [0.29, 0.717) is 12.1 Å². The maximum atomic E-state index is 3.76. The van der Waals surface area contributed by atoms with Crippen LogP contribution in [0.15, 0.2) is 0 Å². The average molecular weight is 225 g/mol. The zero-order valence-corrected chi connectivity index (χ0v) is 11.9. The Morgan fingerprint density at radius 3 is 2.31 bits per heavy atom. The quantitative estimate of drug-likeness (QED) is 0.706. The summed E-state index contributed by atoms with van der Waals surface area (Å²) >= 11 is 0. The second-order valence-corrected chi connectivity index (χ2v) is 6.07. The topological polar surface area (TPSA) is 12.0 Å². The monoisotopic (exact) mass is 225 g/mol. The van der Waals surface area contributed by atoms with Gasteiger partial charge in [-0.25, -0.2) is 0 Å². The second kappa shape index (κ2) is 6.64. The van der Waals surface area contributed by atoms with Crippen LogP contribution in [0, 0.1) is 17.8 Å². The number of rotatable bonds is 4. The van der Waals surface area contributed by atoms with Gasteiger partial charge in [-0.3, -0.25) is 0 Å². The van der Waals surface area contributed by atoms with Crippen LogP contribution in [0.25, 0.3) is 0 Å². The molecule has 0 saturated carbocycles. The van der Waals surface area contributed by atoms with Crippen molar-refractivity contribution in [2.45, 2.75) is 78.8 Å². The van der Waals surface area contributed by atoms with Gasteiger partial charge in [0.05, 0.1) is 0 Å². The van der Waals surface area contributed by atoms with Crippen molar-refractivity contribution in [3.63, 3.8) is 0 Å². The van der Waals surface area contributed by atoms with Gasteiger partial charge in [-0.2, -0.15) is 0 Å². The van der Waals surface area contributed by atoms with E-state index < -0.39 is 0 Å². The molecular formula is C15H31N. The molecule has 1 rings (SSSR count). The minimum Gasteiger partial charge on any atom is -0.311 e. The molecule has 1 aliphatic heterocycles. The van der Waals surface area contributed by atoms with E-state index in [1.54, 1.807) is 0 Å². The Morgan fingerprint density at radius 1 is 1.00 bits per heavy atom. The number of hydrogen-bond acceptors (Lipinski definition) is 1. The molecule has 1 saturated heterocycles. The summed E-state index contributed by atoms with van der Waals surface area (Å²) in [5.41, 5.74) is 0. The summed E-state index contributed by atoms with van der Waals surface area (Å²) in [5, 5.41) is 3.76. The molecule has 5 atom stereocenters. The first-order chi connectivity index (χ1) is 7.56. The maximum Gasteiger partial charge on any atom is 0.00695 e. The minimum absolute atomic E-state index is 0.687. The molecule has 0 bridgehead atoms. The van der Waals surface area contributed by atoms with Gasteiger partial charge in [0.25, 0.3) is 0 Å². The van der Waals surface area contributed by atoms with Crippen LogP contribution in [0.4, 0.5) is 0 Å². The SMILES string of the molecule is CCCCCC1CC(C)[C@@H](C)N[C@@H](C)[C@H]1C. The molecule has 0 aromatic heterocycles. The van der Waals surface area contributed by atoms with Gasteiger partial charge in [0.2, 0.25) is 0 Å². The molecule has 2 unspecified atom stereocenters. The molecule has 0 radical (unpaired) electrons. The van der Waals surface area contributed by atoms with E-state index in [2.05, 4.69) is 39.9 Å². The van der Waals surface area contributed by atoms with Gasteiger partial charge >= 0.3 is 0 Å². The summed E-state index contributed by atoms with van der Waals surface area (Å²) in [7, 11) is 0. The summed E-state index contributed by atoms with van der Waals surface area (Å²) in [4.78, 5) is 0. The lowest BCUT2D eigenvalue weighted by Crippen LogP contribution is -2.39. The molecule has 1 heterocycles. The first kappa shape index (κ1) is 14.0. The predicted molar refractivity (Wildman–Crippen MR) is 72.6 cm³/mol. The maximum absolute atomic E-state index is 3.76. The van der Waals surface area contributed by atoms with Gasteiger partial charge in [-0.1, -0.05) is 46.5 Å². The van der Waals surface area contributed by atoms with Crippen LogP contribution in [0.2, 0.25) is 0 Å². The van der Waals surface area contributed by atoms with Crippen LogP contribution in [-0.2, 0) is 0 Å². The van der Waals surface area contributed by atoms with Crippen molar-refractivity contribution in [2.24, 2.45) is 17.8 Å². The summed E-state index contributed by atoms with van der Waals surface area (Å²) in [5.74, 6) is 2.61. The van der Waals surface area contributed by atoms with E-state index in [1.165, 1.54) is 32.1 Å². The Bertz CT molecular complexity index is 190. The van der Waals surface area contributed by atoms with Crippen molar-refractivity contribution < 1.29 is 0 Å². The van der Waals surface area contributed by atoms with Gasteiger partial charge in [0.15, 0.2) is 0 Å². The lowest BCUT2D eigenvalue weighted by molar-refractivity contribution is 0.266. The molecular weight excluding hydrogens is 194 g/mol. The first-order valence-electron chi connectivity index (χ1n) is 7.32. The number of nitrogens with one attached hydrogen (secondary N) is 1. The molecule has 0 aromatic rings. The highest BCUT2D eigenvalue weighted by Gasteiger charge is 2.30. The lowest BCUT2D eigenvalue weighted by atomic mass is 9.80. The van der Waals surface area contributed by atoms with E-state index in [0.717, 1.165) is 17.8 Å². The summed E-state index contributed by atoms with van der Waals surface area (Å²) < 4.78 is 0. The van der Waals surface area contributed by atoms with E-state index in [1.807, 2.05) is 0 Å². The van der Waals surface area contributed by atoms with Crippen LogP contribution in [0.1, 0.15) is 66.7 Å². The molecule has 1 aliphatic rings. The zero-order valence-electron chi connectivity index (χ0n) is 11.9. The Balaban J connectivity index is 2.52. The summed E-state index contributed by atoms with van der Waals surface area (Å²) in [6.07, 6.45) is 7.05. The molecule has 16 heavy (non-hydrogen) atoms. The normalized spacial score (nSPS) is 40.7. The molecule has 1 fully saturated rings. The highest BCUT2D eigenvalue weighted by Crippen LogP contribution is 2.32. The van der Waals surface area contributed by atoms with Crippen LogP contribution < -0.4 is 5.32 Å². The third-order valence-corrected chi connectivity index (χ3v) is 4.76. The van der Waals surface area contributed by atoms with E-state index in [4.69, 9.17) is 0 Å². The highest BCUT2D eigenvalue weighted by molar-refractivity contribution is 4.86. The molecule has 0 amide bonds. The Morgan fingerprint density at radius 2 is 1.69 bits per heavy atom. The Labute approximate surface area is 102 Å². The molecule has 1 N–H and O–H groups in total. The van der Waals surface area contributed by atoms with Crippen molar-refractivity contribution in [3.05, 3.63) is 0 Å². The van der Waals surface area contributed by atoms with Gasteiger partial charge in [-0.15, -0.1) is 0 Å². The van der Waals surface area contributed by atoms with Crippen LogP contribution in [-0.4, -0.2) is 12.1 Å². The molecule has 0 aliphatic carbocycles. The van der Waals surface area contributed by atoms with E-state index in [9.17, 15) is 0 Å². The molecule has 96 valence electrons. The Kier molecular flexibility index (Phi) is 5.82. The fraction of sp³-hybridized carbons (Fsp3) is 1.00. The van der Waals surface area contributed by atoms with Crippen molar-refractivity contribution in [1.29, 1.82) is 0 Å². The zero-order chi connectivity index (χ0) is 12.1. The molecule has 0 aromatic carbocycles. The van der Waals surface area contributed by atoms with Gasteiger partial charge in [0, 0.05) is 12.1 Å². The molecule has 1 nitrogen and oxygen atoms in total. The molecule has 0 spiro atoms. The summed E-state index contributed by atoms with van der Waals surface area (Å²) in [6.45, 7) is 11.9. The lowest BCUT2D eigenvalue weighted by Gasteiger charge is -2.26. The minimum atomic E-state index is 0.687. The average Bonchev–Trinajstić information content (AvgIpc) is 2.33. The first-order valence-corrected chi connectivity index (χ1v) is 7.32. The fourth-order valence-corrected chi connectivity index (χ4v) is 3.07. The van der Waals surface area contributed by atoms with Crippen molar-refractivity contribution in [3.8, 4) is 0 Å². The largest absolute Gasteiger partial charge is 0.311 e. The van der Waals surface area contributed by atoms with Crippen LogP contribution >= 0.6 is 0 Å². The van der Waals surface area contributed by atoms with E-state index in [-0.39, 0.29) is 0 Å². The van der Waals surface area contributed by atoms with Gasteiger partial charge in [0.1, 0.15) is 0 Å². The third kappa shape index (κ3) is 3.76. The van der Waals surface area contributed by atoms with Crippen molar-refractivity contribution in [2.75, 3.05) is 0 Å². The van der Waals surface area contributed by atoms with E-state index >= 15 is 0 Å². The Hall–Kier alpha value is -0.0400. The summed E-state index contributed by atoms with van der Waals surface area (Å²) in [6, 6.07) is 1.38. The predicted octanol–water partition coefficient (Wildman–Crippen LogP) is 4.23. The van der Waals surface area contributed by atoms with Crippen LogP contribution in [0.5, 0.6) is 0 Å². The van der Waals surface area contributed by atoms with Gasteiger partial charge in [-0.05, 0) is 38.0 Å². The third-order valence-electron chi connectivity index (χ3n) is 4.76. The van der Waals surface area contributed by atoms with Crippen molar-refractivity contribution in [1.82, 2.24) is 5.32 Å². The van der Waals surface area contributed by atoms with Gasteiger partial charge < -0.3 is 5.32 Å². The second-order valence-electron chi connectivity index (χ2n) is 6.07. The standard InChI is InChI=1S/C15H31N/c1-6-7-8-9-15-10-11(2)13(4)16-14(5)12(15)3/h11-16H,6-10H2,1-5H3/t11?,12-,13-,14+,15?/m1/s1. The fourth-order valence-electron chi connectivity index (χ4n) is 3.07. The highest BCUT2D eigenvalue weighted by atomic mass is 15.0.